The molecule has 1 aromatic carbocycles. The molecule has 4 heterocycles. The van der Waals surface area contributed by atoms with Crippen molar-refractivity contribution in [2.75, 3.05) is 5.32 Å². The number of amides is 1. The number of rotatable bonds is 5. The first-order valence-electron chi connectivity index (χ1n) is 9.94. The third-order valence-electron chi connectivity index (χ3n) is 4.91. The Bertz CT molecular complexity index is 1440. The molecule has 0 fully saturated rings. The summed E-state index contributed by atoms with van der Waals surface area (Å²) in [5.41, 5.74) is 4.67. The summed E-state index contributed by atoms with van der Waals surface area (Å²) in [6.07, 6.45) is 3.52. The number of pyridine rings is 2. The Hall–Kier alpha value is -3.85. The molecule has 0 bridgehead atoms. The molecule has 5 aromatic rings. The second-order valence-corrected chi connectivity index (χ2v) is 8.11. The smallest absolute Gasteiger partial charge is 0.230 e. The third-order valence-corrected chi connectivity index (χ3v) is 5.60. The molecule has 0 saturated carbocycles. The van der Waals surface area contributed by atoms with Crippen molar-refractivity contribution in [1.29, 1.82) is 0 Å². The average Bonchev–Trinajstić information content (AvgIpc) is 3.42. The Kier molecular flexibility index (Phi) is 5.24. The largest absolute Gasteiger partial charge is 0.325 e. The van der Waals surface area contributed by atoms with Crippen LogP contribution in [0.5, 0.6) is 0 Å². The highest BCUT2D eigenvalue weighted by atomic mass is 79.9. The van der Waals surface area contributed by atoms with Gasteiger partial charge < -0.3 is 5.32 Å². The van der Waals surface area contributed by atoms with Gasteiger partial charge in [0.1, 0.15) is 6.33 Å². The van der Waals surface area contributed by atoms with E-state index in [1.165, 1.54) is 6.33 Å². The quantitative estimate of drug-likeness (QED) is 0.400. The highest BCUT2D eigenvalue weighted by Crippen LogP contribution is 2.25. The van der Waals surface area contributed by atoms with Gasteiger partial charge in [-0.25, -0.2) is 19.2 Å². The second kappa shape index (κ2) is 8.35. The fourth-order valence-electron chi connectivity index (χ4n) is 3.43. The molecule has 0 aliphatic heterocycles. The number of carbonyl (C=O) groups excluding carboxylic acids is 1. The number of carbonyl (C=O) groups is 1. The van der Waals surface area contributed by atoms with E-state index in [2.05, 4.69) is 36.3 Å². The number of nitrogens with one attached hydrogen (secondary N) is 1. The van der Waals surface area contributed by atoms with Gasteiger partial charge in [0.2, 0.25) is 5.91 Å². The molecular weight excluding hydrogens is 470 g/mol. The Balaban J connectivity index is 1.52. The molecule has 9 heteroatoms. The Morgan fingerprint density at radius 3 is 2.81 bits per heavy atom. The fourth-order valence-corrected chi connectivity index (χ4v) is 3.82. The number of para-hydroxylation sites is 1. The molecule has 32 heavy (non-hydrogen) atoms. The van der Waals surface area contributed by atoms with Crippen LogP contribution in [0.1, 0.15) is 11.4 Å². The summed E-state index contributed by atoms with van der Waals surface area (Å²) in [5, 5.41) is 11.9. The van der Waals surface area contributed by atoms with Crippen LogP contribution in [0.15, 0.2) is 77.7 Å². The summed E-state index contributed by atoms with van der Waals surface area (Å²) in [4.78, 5) is 21.5. The molecule has 8 nitrogen and oxygen atoms in total. The molecular formula is C23H18BrN7O. The lowest BCUT2D eigenvalue weighted by Gasteiger charge is -2.07. The third kappa shape index (κ3) is 4.02. The number of aromatic nitrogens is 6. The lowest BCUT2D eigenvalue weighted by atomic mass is 10.1. The van der Waals surface area contributed by atoms with Gasteiger partial charge in [-0.1, -0.05) is 18.2 Å². The molecule has 0 aliphatic carbocycles. The van der Waals surface area contributed by atoms with Gasteiger partial charge in [-0.05, 0) is 65.3 Å². The second-order valence-electron chi connectivity index (χ2n) is 7.26. The summed E-state index contributed by atoms with van der Waals surface area (Å²) in [6, 6.07) is 19.0. The van der Waals surface area contributed by atoms with Gasteiger partial charge in [0.15, 0.2) is 11.5 Å². The molecule has 158 valence electrons. The highest BCUT2D eigenvalue weighted by molar-refractivity contribution is 9.10. The topological polar surface area (TPSA) is 90.0 Å². The van der Waals surface area contributed by atoms with Gasteiger partial charge >= 0.3 is 0 Å². The van der Waals surface area contributed by atoms with Gasteiger partial charge in [-0.15, -0.1) is 0 Å². The van der Waals surface area contributed by atoms with E-state index in [1.807, 2.05) is 73.8 Å². The summed E-state index contributed by atoms with van der Waals surface area (Å²) in [6.45, 7) is 1.93. The zero-order valence-electron chi connectivity index (χ0n) is 17.1. The van der Waals surface area contributed by atoms with E-state index in [-0.39, 0.29) is 12.3 Å². The van der Waals surface area contributed by atoms with E-state index >= 15 is 0 Å². The maximum Gasteiger partial charge on any atom is 0.230 e. The van der Waals surface area contributed by atoms with E-state index < -0.39 is 0 Å². The predicted octanol–water partition coefficient (Wildman–Crippen LogP) is 4.23. The van der Waals surface area contributed by atoms with Gasteiger partial charge in [-0.2, -0.15) is 10.2 Å². The Labute approximate surface area is 192 Å². The van der Waals surface area contributed by atoms with Crippen LogP contribution in [0.25, 0.3) is 22.7 Å². The predicted molar refractivity (Wildman–Crippen MR) is 125 cm³/mol. The molecule has 0 unspecified atom stereocenters. The molecule has 4 aromatic heterocycles. The first kappa shape index (κ1) is 20.1. The molecule has 5 rings (SSSR count). The van der Waals surface area contributed by atoms with Crippen LogP contribution in [-0.4, -0.2) is 35.3 Å². The maximum atomic E-state index is 12.7. The van der Waals surface area contributed by atoms with E-state index in [0.29, 0.717) is 17.2 Å². The van der Waals surface area contributed by atoms with Crippen molar-refractivity contribution in [3.63, 3.8) is 0 Å². The zero-order chi connectivity index (χ0) is 22.1. The van der Waals surface area contributed by atoms with Gasteiger partial charge in [-0.3, -0.25) is 4.79 Å². The number of benzene rings is 1. The van der Waals surface area contributed by atoms with Crippen molar-refractivity contribution in [2.24, 2.45) is 0 Å². The average molecular weight is 488 g/mol. The minimum atomic E-state index is -0.156. The normalized spacial score (nSPS) is 11.1. The lowest BCUT2D eigenvalue weighted by Crippen LogP contribution is -2.15. The van der Waals surface area contributed by atoms with E-state index in [1.54, 1.807) is 9.20 Å². The van der Waals surface area contributed by atoms with Crippen LogP contribution in [0.2, 0.25) is 0 Å². The molecule has 0 atom stereocenters. The fraction of sp³-hybridized carbons (Fsp3) is 0.0870. The summed E-state index contributed by atoms with van der Waals surface area (Å²) in [5.74, 6) is 0.521. The van der Waals surface area contributed by atoms with Gasteiger partial charge in [0.25, 0.3) is 0 Å². The minimum Gasteiger partial charge on any atom is -0.325 e. The summed E-state index contributed by atoms with van der Waals surface area (Å²) >= 11 is 3.45. The summed E-state index contributed by atoms with van der Waals surface area (Å²) < 4.78 is 4.28. The number of nitrogens with zero attached hydrogens (tertiary/aromatic N) is 6. The molecule has 1 amide bonds. The number of fused-ring (bicyclic) bond motifs is 1. The first-order valence-corrected chi connectivity index (χ1v) is 10.7. The number of hydrogen-bond acceptors (Lipinski definition) is 5. The van der Waals surface area contributed by atoms with E-state index in [9.17, 15) is 4.79 Å². The molecule has 1 N–H and O–H groups in total. The first-order chi connectivity index (χ1) is 15.6. The van der Waals surface area contributed by atoms with Crippen LogP contribution in [0.4, 0.5) is 5.69 Å². The van der Waals surface area contributed by atoms with Crippen LogP contribution in [0.3, 0.4) is 0 Å². The van der Waals surface area contributed by atoms with E-state index in [0.717, 1.165) is 27.1 Å². The van der Waals surface area contributed by atoms with Crippen LogP contribution >= 0.6 is 15.9 Å². The lowest BCUT2D eigenvalue weighted by molar-refractivity contribution is -0.115. The van der Waals surface area contributed by atoms with Crippen LogP contribution < -0.4 is 5.32 Å². The molecule has 0 radical (unpaired) electrons. The minimum absolute atomic E-state index is 0.124. The molecule has 0 spiro atoms. The summed E-state index contributed by atoms with van der Waals surface area (Å²) in [7, 11) is 0. The number of hydrogen-bond donors (Lipinski definition) is 1. The van der Waals surface area contributed by atoms with Crippen LogP contribution in [0, 0.1) is 6.92 Å². The van der Waals surface area contributed by atoms with E-state index in [4.69, 9.17) is 5.10 Å². The maximum absolute atomic E-state index is 12.7. The van der Waals surface area contributed by atoms with Crippen molar-refractivity contribution in [1.82, 2.24) is 29.4 Å². The molecule has 0 aliphatic rings. The number of anilines is 1. The highest BCUT2D eigenvalue weighted by Gasteiger charge is 2.16. The van der Waals surface area contributed by atoms with Crippen molar-refractivity contribution in [3.05, 3.63) is 89.0 Å². The van der Waals surface area contributed by atoms with Crippen molar-refractivity contribution < 1.29 is 4.79 Å². The molecule has 0 saturated heterocycles. The number of aryl methyl sites for hydroxylation is 1. The van der Waals surface area contributed by atoms with Crippen LogP contribution in [-0.2, 0) is 11.2 Å². The van der Waals surface area contributed by atoms with Gasteiger partial charge in [0, 0.05) is 21.9 Å². The van der Waals surface area contributed by atoms with Crippen molar-refractivity contribution >= 4 is 33.2 Å². The monoisotopic (exact) mass is 487 g/mol. The van der Waals surface area contributed by atoms with Gasteiger partial charge in [0.05, 0.1) is 23.5 Å². The number of halogens is 1. The van der Waals surface area contributed by atoms with Crippen molar-refractivity contribution in [2.45, 2.75) is 13.3 Å². The standard InChI is InChI=1S/C23H18BrN7O/c1-15-5-4-8-22(27-15)31-20(16-9-10-21-25-14-26-30(21)13-16)11-17(29-31)12-23(32)28-19-7-3-2-6-18(19)24/h2-11,13-14H,12H2,1H3,(H,28,32). The zero-order valence-corrected chi connectivity index (χ0v) is 18.7. The van der Waals surface area contributed by atoms with Crippen molar-refractivity contribution in [3.8, 4) is 17.1 Å². The Morgan fingerprint density at radius 1 is 1.09 bits per heavy atom. The SMILES string of the molecule is Cc1cccc(-n2nc(CC(=O)Nc3ccccc3Br)cc2-c2ccc3ncnn3c2)n1. The Morgan fingerprint density at radius 2 is 1.97 bits per heavy atom.